The van der Waals surface area contributed by atoms with Crippen LogP contribution in [0.4, 0.5) is 0 Å². The smallest absolute Gasteiger partial charge is 0.260 e. The van der Waals surface area contributed by atoms with Gasteiger partial charge in [-0.05, 0) is 55.9 Å². The lowest BCUT2D eigenvalue weighted by molar-refractivity contribution is -0.133. The van der Waals surface area contributed by atoms with Gasteiger partial charge in [0.1, 0.15) is 5.75 Å². The summed E-state index contributed by atoms with van der Waals surface area (Å²) in [7, 11) is 0. The molecule has 0 aliphatic carbocycles. The first-order chi connectivity index (χ1) is 12.0. The predicted molar refractivity (Wildman–Crippen MR) is 96.2 cm³/mol. The number of hydrogen-bond donors (Lipinski definition) is 1. The summed E-state index contributed by atoms with van der Waals surface area (Å²) in [5.41, 5.74) is 0.910. The van der Waals surface area contributed by atoms with Gasteiger partial charge in [-0.3, -0.25) is 14.9 Å². The van der Waals surface area contributed by atoms with E-state index in [2.05, 4.69) is 10.3 Å². The molecular formula is C17H18N4O3S. The summed E-state index contributed by atoms with van der Waals surface area (Å²) in [5, 5.41) is 11.6. The maximum absolute atomic E-state index is 11.9. The minimum atomic E-state index is -1.01. The van der Waals surface area contributed by atoms with E-state index in [9.17, 15) is 14.9 Å². The summed E-state index contributed by atoms with van der Waals surface area (Å²) >= 11 is 4.91. The van der Waals surface area contributed by atoms with Crippen molar-refractivity contribution in [2.45, 2.75) is 13.8 Å². The van der Waals surface area contributed by atoms with Crippen LogP contribution in [0.25, 0.3) is 0 Å². The van der Waals surface area contributed by atoms with Gasteiger partial charge in [-0.15, -0.1) is 0 Å². The Labute approximate surface area is 151 Å². The van der Waals surface area contributed by atoms with Crippen molar-refractivity contribution in [1.29, 1.82) is 5.26 Å². The third kappa shape index (κ3) is 4.39. The fraction of sp³-hybridized carbons (Fsp3) is 0.353. The van der Waals surface area contributed by atoms with Gasteiger partial charge in [0.2, 0.25) is 5.91 Å². The highest BCUT2D eigenvalue weighted by Gasteiger charge is 2.30. The molecule has 1 atom stereocenters. The number of rotatable bonds is 6. The lowest BCUT2D eigenvalue weighted by Crippen LogP contribution is -2.42. The summed E-state index contributed by atoms with van der Waals surface area (Å²) in [6, 6.07) is 8.61. The lowest BCUT2D eigenvalue weighted by atomic mass is 9.96. The highest BCUT2D eigenvalue weighted by Crippen LogP contribution is 2.18. The van der Waals surface area contributed by atoms with Crippen molar-refractivity contribution in [1.82, 2.24) is 10.2 Å². The Hall–Kier alpha value is -2.79. The zero-order valence-electron chi connectivity index (χ0n) is 14.0. The van der Waals surface area contributed by atoms with Crippen molar-refractivity contribution in [2.24, 2.45) is 10.9 Å². The van der Waals surface area contributed by atoms with Crippen LogP contribution in [0.1, 0.15) is 19.4 Å². The summed E-state index contributed by atoms with van der Waals surface area (Å²) in [5.74, 6) is -1.07. The molecule has 0 fully saturated rings. The second kappa shape index (κ2) is 8.35. The number of aliphatic imine (C=N–C) groups is 1. The number of carbonyl (C=O) groups excluding carboxylic acids is 2. The van der Waals surface area contributed by atoms with E-state index >= 15 is 0 Å². The van der Waals surface area contributed by atoms with Crippen molar-refractivity contribution in [3.05, 3.63) is 29.8 Å². The van der Waals surface area contributed by atoms with Gasteiger partial charge < -0.3 is 9.64 Å². The Kier molecular flexibility index (Phi) is 6.19. The Balaban J connectivity index is 2.09. The third-order valence-electron chi connectivity index (χ3n) is 3.75. The Morgan fingerprint density at radius 2 is 2.00 bits per heavy atom. The number of nitrogens with one attached hydrogen (secondary N) is 1. The molecule has 1 aromatic rings. The Morgan fingerprint density at radius 3 is 2.56 bits per heavy atom. The van der Waals surface area contributed by atoms with Crippen molar-refractivity contribution < 1.29 is 14.3 Å². The van der Waals surface area contributed by atoms with E-state index < -0.39 is 11.8 Å². The van der Waals surface area contributed by atoms with Crippen molar-refractivity contribution in [2.75, 3.05) is 19.7 Å². The van der Waals surface area contributed by atoms with E-state index in [0.717, 1.165) is 0 Å². The van der Waals surface area contributed by atoms with E-state index in [1.807, 2.05) is 19.9 Å². The second-order valence-corrected chi connectivity index (χ2v) is 5.62. The fourth-order valence-corrected chi connectivity index (χ4v) is 2.59. The highest BCUT2D eigenvalue weighted by molar-refractivity contribution is 7.80. The molecule has 0 aromatic heterocycles. The molecule has 130 valence electrons. The standard InChI is InChI=1S/C17H18N4O3S/c1-3-21(4-2)14(22)10-24-12-7-5-11(6-8-12)15-13(9-18)16(23)20-17(25)19-15/h5-8,13H,3-4,10H2,1-2H3,(H,20,23,25). The van der Waals surface area contributed by atoms with Gasteiger partial charge in [0, 0.05) is 13.1 Å². The average molecular weight is 358 g/mol. The third-order valence-corrected chi connectivity index (χ3v) is 3.94. The molecule has 2 rings (SSSR count). The quantitative estimate of drug-likeness (QED) is 0.773. The number of nitriles is 1. The van der Waals surface area contributed by atoms with E-state index in [4.69, 9.17) is 17.0 Å². The van der Waals surface area contributed by atoms with Gasteiger partial charge in [0.05, 0.1) is 11.8 Å². The number of benzene rings is 1. The fourth-order valence-electron chi connectivity index (χ4n) is 2.39. The molecule has 2 amide bonds. The largest absolute Gasteiger partial charge is 0.484 e. The maximum Gasteiger partial charge on any atom is 0.260 e. The van der Waals surface area contributed by atoms with Crippen LogP contribution in [-0.4, -0.2) is 47.2 Å². The maximum atomic E-state index is 11.9. The molecule has 0 saturated carbocycles. The van der Waals surface area contributed by atoms with Crippen molar-refractivity contribution in [3.8, 4) is 11.8 Å². The molecule has 8 heteroatoms. The molecule has 1 aromatic carbocycles. The zero-order chi connectivity index (χ0) is 18.4. The van der Waals surface area contributed by atoms with E-state index in [0.29, 0.717) is 30.1 Å². The molecule has 1 unspecified atom stereocenters. The van der Waals surface area contributed by atoms with Crippen molar-refractivity contribution in [3.63, 3.8) is 0 Å². The molecule has 1 heterocycles. The van der Waals surface area contributed by atoms with Crippen molar-refractivity contribution >= 4 is 34.9 Å². The average Bonchev–Trinajstić information content (AvgIpc) is 2.61. The Bertz CT molecular complexity index is 748. The molecule has 0 saturated heterocycles. The van der Waals surface area contributed by atoms with E-state index in [1.54, 1.807) is 29.2 Å². The van der Waals surface area contributed by atoms with E-state index in [1.165, 1.54) is 0 Å². The number of thiocarbonyl (C=S) groups is 1. The van der Waals surface area contributed by atoms with Gasteiger partial charge >= 0.3 is 0 Å². The predicted octanol–water partition coefficient (Wildman–Crippen LogP) is 1.28. The number of nitrogens with zero attached hydrogens (tertiary/aromatic N) is 3. The van der Waals surface area contributed by atoms with Gasteiger partial charge in [-0.1, -0.05) is 0 Å². The van der Waals surface area contributed by atoms with Crippen LogP contribution in [0.15, 0.2) is 29.3 Å². The Morgan fingerprint density at radius 1 is 1.36 bits per heavy atom. The SMILES string of the molecule is CCN(CC)C(=O)COc1ccc(C2=NC(=S)NC(=O)C2C#N)cc1. The normalized spacial score (nSPS) is 16.5. The first-order valence-corrected chi connectivity index (χ1v) is 8.25. The molecule has 1 N–H and O–H groups in total. The van der Waals surface area contributed by atoms with E-state index in [-0.39, 0.29) is 17.6 Å². The number of ether oxygens (including phenoxy) is 1. The lowest BCUT2D eigenvalue weighted by Gasteiger charge is -2.19. The monoisotopic (exact) mass is 358 g/mol. The summed E-state index contributed by atoms with van der Waals surface area (Å²) in [6.07, 6.45) is 0. The number of likely N-dealkylation sites (N-methyl/N-ethyl adjacent to an activating group) is 1. The second-order valence-electron chi connectivity index (χ2n) is 5.23. The molecule has 0 bridgehead atoms. The molecule has 7 nitrogen and oxygen atoms in total. The molecule has 1 aliphatic rings. The van der Waals surface area contributed by atoms with Gasteiger partial charge in [0.15, 0.2) is 17.6 Å². The molecule has 0 radical (unpaired) electrons. The molecule has 0 spiro atoms. The van der Waals surface area contributed by atoms with Crippen LogP contribution >= 0.6 is 12.2 Å². The molecule has 1 aliphatic heterocycles. The highest BCUT2D eigenvalue weighted by atomic mass is 32.1. The molecule has 25 heavy (non-hydrogen) atoms. The topological polar surface area (TPSA) is 94.8 Å². The van der Waals surface area contributed by atoms with Crippen LogP contribution in [0.3, 0.4) is 0 Å². The van der Waals surface area contributed by atoms with Crippen LogP contribution in [-0.2, 0) is 9.59 Å². The number of carbonyl (C=O) groups is 2. The minimum absolute atomic E-state index is 0.0386. The summed E-state index contributed by atoms with van der Waals surface area (Å²) < 4.78 is 5.49. The van der Waals surface area contributed by atoms with Crippen LogP contribution in [0, 0.1) is 17.2 Å². The molecular weight excluding hydrogens is 340 g/mol. The zero-order valence-corrected chi connectivity index (χ0v) is 14.8. The van der Waals surface area contributed by atoms with Crippen LogP contribution in [0.5, 0.6) is 5.75 Å². The summed E-state index contributed by atoms with van der Waals surface area (Å²) in [6.45, 7) is 5.04. The first-order valence-electron chi connectivity index (χ1n) is 7.84. The van der Waals surface area contributed by atoms with Crippen LogP contribution in [0.2, 0.25) is 0 Å². The minimum Gasteiger partial charge on any atom is -0.484 e. The first kappa shape index (κ1) is 18.5. The number of amides is 2. The van der Waals surface area contributed by atoms with Gasteiger partial charge in [-0.2, -0.15) is 5.26 Å². The van der Waals surface area contributed by atoms with Crippen LogP contribution < -0.4 is 10.1 Å². The number of hydrogen-bond acceptors (Lipinski definition) is 5. The van der Waals surface area contributed by atoms with Gasteiger partial charge in [-0.25, -0.2) is 4.99 Å². The van der Waals surface area contributed by atoms with Gasteiger partial charge in [0.25, 0.3) is 5.91 Å². The summed E-state index contributed by atoms with van der Waals surface area (Å²) in [4.78, 5) is 29.5.